The molecule has 2 heterocycles. The van der Waals surface area contributed by atoms with Crippen molar-refractivity contribution in [2.24, 2.45) is 0 Å². The predicted octanol–water partition coefficient (Wildman–Crippen LogP) is 4.08. The Morgan fingerprint density at radius 2 is 1.66 bits per heavy atom. The van der Waals surface area contributed by atoms with E-state index in [0.717, 1.165) is 22.3 Å². The summed E-state index contributed by atoms with van der Waals surface area (Å²) in [6.07, 6.45) is 1.46. The summed E-state index contributed by atoms with van der Waals surface area (Å²) in [5.41, 5.74) is 1.57. The lowest BCUT2D eigenvalue weighted by Crippen LogP contribution is -2.51. The first kappa shape index (κ1) is 22.5. The minimum absolute atomic E-state index is 0.0350. The highest BCUT2D eigenvalue weighted by molar-refractivity contribution is 8.18. The number of aromatic hydroxyl groups is 1. The zero-order valence-electron chi connectivity index (χ0n) is 16.8. The van der Waals surface area contributed by atoms with Gasteiger partial charge in [-0.15, -0.1) is 0 Å². The summed E-state index contributed by atoms with van der Waals surface area (Å²) in [5.74, 6) is -1.06. The van der Waals surface area contributed by atoms with E-state index in [9.17, 15) is 19.5 Å². The van der Waals surface area contributed by atoms with Crippen LogP contribution in [0.15, 0.2) is 47.4 Å². The van der Waals surface area contributed by atoms with Crippen LogP contribution in [0.1, 0.15) is 5.56 Å². The van der Waals surface area contributed by atoms with Crippen molar-refractivity contribution in [3.63, 3.8) is 0 Å². The highest BCUT2D eigenvalue weighted by atomic mass is 35.5. The molecule has 0 unspecified atom stereocenters. The van der Waals surface area contributed by atoms with Crippen LogP contribution in [-0.2, 0) is 9.59 Å². The molecular formula is C22H19Cl2N3O4S. The maximum absolute atomic E-state index is 12.8. The number of anilines is 1. The van der Waals surface area contributed by atoms with Crippen LogP contribution >= 0.6 is 35.0 Å². The van der Waals surface area contributed by atoms with Crippen LogP contribution < -0.4 is 4.90 Å². The summed E-state index contributed by atoms with van der Waals surface area (Å²) < 4.78 is 0. The number of nitrogens with zero attached hydrogens (tertiary/aromatic N) is 3. The van der Waals surface area contributed by atoms with Gasteiger partial charge in [-0.3, -0.25) is 19.3 Å². The lowest BCUT2D eigenvalue weighted by atomic mass is 10.2. The Bertz CT molecular complexity index is 1080. The number of piperazine rings is 1. The van der Waals surface area contributed by atoms with Crippen LogP contribution in [0.3, 0.4) is 0 Å². The minimum Gasteiger partial charge on any atom is -0.505 e. The number of thioether (sulfide) groups is 1. The molecule has 3 amide bonds. The molecule has 2 aromatic rings. The molecule has 0 atom stereocenters. The average Bonchev–Trinajstić information content (AvgIpc) is 3.05. The number of benzene rings is 2. The molecule has 166 valence electrons. The van der Waals surface area contributed by atoms with E-state index in [0.29, 0.717) is 31.7 Å². The SMILES string of the molecule is O=C(CN1C(=O)S/C(=C\c2cc(Cl)c(O)c(Cl)c2)C1=O)N1CCN(c2ccccc2)CC1. The molecular weight excluding hydrogens is 473 g/mol. The van der Waals surface area contributed by atoms with Crippen molar-refractivity contribution >= 4 is 63.8 Å². The molecule has 10 heteroatoms. The van der Waals surface area contributed by atoms with Crippen molar-refractivity contribution in [2.45, 2.75) is 0 Å². The van der Waals surface area contributed by atoms with Gasteiger partial charge in [-0.1, -0.05) is 41.4 Å². The van der Waals surface area contributed by atoms with Gasteiger partial charge in [0.05, 0.1) is 15.0 Å². The van der Waals surface area contributed by atoms with Gasteiger partial charge >= 0.3 is 0 Å². The zero-order chi connectivity index (χ0) is 22.8. The topological polar surface area (TPSA) is 81.2 Å². The number of hydrogen-bond acceptors (Lipinski definition) is 6. The molecule has 0 bridgehead atoms. The second kappa shape index (κ2) is 9.44. The van der Waals surface area contributed by atoms with Gasteiger partial charge in [0, 0.05) is 31.9 Å². The molecule has 2 aliphatic heterocycles. The standard InChI is InChI=1S/C22H19Cl2N3O4S/c23-16-10-14(11-17(24)20(16)29)12-18-21(30)27(22(31)32-18)13-19(28)26-8-6-25(7-9-26)15-4-2-1-3-5-15/h1-5,10-12,29H,6-9,13H2/b18-12-. The third-order valence-corrected chi connectivity index (χ3v) is 6.74. The number of halogens is 2. The van der Waals surface area contributed by atoms with Crippen LogP contribution in [0.25, 0.3) is 6.08 Å². The first-order valence-corrected chi connectivity index (χ1v) is 11.4. The van der Waals surface area contributed by atoms with E-state index in [4.69, 9.17) is 23.2 Å². The molecule has 1 N–H and O–H groups in total. The number of hydrogen-bond donors (Lipinski definition) is 1. The fraction of sp³-hybridized carbons (Fsp3) is 0.227. The molecule has 4 rings (SSSR count). The Hall–Kier alpha value is -2.68. The molecule has 0 radical (unpaired) electrons. The zero-order valence-corrected chi connectivity index (χ0v) is 19.2. The van der Waals surface area contributed by atoms with Crippen LogP contribution in [0.2, 0.25) is 10.0 Å². The van der Waals surface area contributed by atoms with Crippen molar-refractivity contribution in [1.29, 1.82) is 0 Å². The molecule has 32 heavy (non-hydrogen) atoms. The van der Waals surface area contributed by atoms with Gasteiger partial charge < -0.3 is 14.9 Å². The fourth-order valence-electron chi connectivity index (χ4n) is 3.54. The first-order valence-electron chi connectivity index (χ1n) is 9.84. The van der Waals surface area contributed by atoms with Gasteiger partial charge in [0.1, 0.15) is 6.54 Å². The van der Waals surface area contributed by atoms with E-state index in [1.54, 1.807) is 4.90 Å². The van der Waals surface area contributed by atoms with Crippen molar-refractivity contribution in [1.82, 2.24) is 9.80 Å². The van der Waals surface area contributed by atoms with E-state index in [2.05, 4.69) is 4.90 Å². The van der Waals surface area contributed by atoms with Gasteiger partial charge in [0.25, 0.3) is 11.1 Å². The van der Waals surface area contributed by atoms with Crippen LogP contribution in [0.5, 0.6) is 5.75 Å². The number of amides is 3. The Morgan fingerprint density at radius 3 is 2.28 bits per heavy atom. The van der Waals surface area contributed by atoms with Crippen molar-refractivity contribution in [3.8, 4) is 5.75 Å². The highest BCUT2D eigenvalue weighted by Gasteiger charge is 2.37. The molecule has 0 aliphatic carbocycles. The van der Waals surface area contributed by atoms with E-state index < -0.39 is 11.1 Å². The van der Waals surface area contributed by atoms with E-state index >= 15 is 0 Å². The quantitative estimate of drug-likeness (QED) is 0.648. The third-order valence-electron chi connectivity index (χ3n) is 5.26. The van der Waals surface area contributed by atoms with E-state index in [1.165, 1.54) is 18.2 Å². The summed E-state index contributed by atoms with van der Waals surface area (Å²) in [4.78, 5) is 42.8. The number of phenolic OH excluding ortho intramolecular Hbond substituents is 1. The van der Waals surface area contributed by atoms with Crippen LogP contribution in [-0.4, -0.2) is 64.7 Å². The monoisotopic (exact) mass is 491 g/mol. The Morgan fingerprint density at radius 1 is 1.03 bits per heavy atom. The van der Waals surface area contributed by atoms with E-state index in [1.807, 2.05) is 30.3 Å². The summed E-state index contributed by atoms with van der Waals surface area (Å²) in [6.45, 7) is 2.10. The number of phenols is 1. The molecule has 0 spiro atoms. The van der Waals surface area contributed by atoms with Gasteiger partial charge in [-0.05, 0) is 47.7 Å². The second-order valence-corrected chi connectivity index (χ2v) is 9.11. The molecule has 7 nitrogen and oxygen atoms in total. The molecule has 0 saturated carbocycles. The number of rotatable bonds is 4. The van der Waals surface area contributed by atoms with Gasteiger partial charge in [-0.2, -0.15) is 0 Å². The second-order valence-electron chi connectivity index (χ2n) is 7.30. The predicted molar refractivity (Wildman–Crippen MR) is 126 cm³/mol. The molecule has 2 aliphatic rings. The van der Waals surface area contributed by atoms with Crippen LogP contribution in [0, 0.1) is 0 Å². The molecule has 2 aromatic carbocycles. The van der Waals surface area contributed by atoms with Crippen molar-refractivity contribution in [3.05, 3.63) is 63.0 Å². The Labute approximate surface area is 199 Å². The third kappa shape index (κ3) is 4.72. The number of carbonyl (C=O) groups is 3. The summed E-state index contributed by atoms with van der Waals surface area (Å²) in [5, 5.41) is 9.23. The average molecular weight is 492 g/mol. The van der Waals surface area contributed by atoms with Crippen LogP contribution in [0.4, 0.5) is 10.5 Å². The van der Waals surface area contributed by atoms with Gasteiger partial charge in [-0.25, -0.2) is 0 Å². The van der Waals surface area contributed by atoms with E-state index in [-0.39, 0.29) is 33.2 Å². The molecule has 0 aromatic heterocycles. The highest BCUT2D eigenvalue weighted by Crippen LogP contribution is 2.36. The maximum Gasteiger partial charge on any atom is 0.294 e. The lowest BCUT2D eigenvalue weighted by molar-refractivity contribution is -0.136. The Balaban J connectivity index is 1.39. The lowest BCUT2D eigenvalue weighted by Gasteiger charge is -2.36. The first-order chi connectivity index (χ1) is 15.3. The van der Waals surface area contributed by atoms with Crippen molar-refractivity contribution in [2.75, 3.05) is 37.6 Å². The summed E-state index contributed by atoms with van der Waals surface area (Å²) in [6, 6.07) is 12.8. The number of para-hydroxylation sites is 1. The van der Waals surface area contributed by atoms with Crippen molar-refractivity contribution < 1.29 is 19.5 Å². The Kier molecular flexibility index (Phi) is 6.64. The van der Waals surface area contributed by atoms with Gasteiger partial charge in [0.2, 0.25) is 5.91 Å². The maximum atomic E-state index is 12.8. The number of carbonyl (C=O) groups excluding carboxylic acids is 3. The largest absolute Gasteiger partial charge is 0.505 e. The summed E-state index contributed by atoms with van der Waals surface area (Å²) in [7, 11) is 0. The smallest absolute Gasteiger partial charge is 0.294 e. The number of imide groups is 1. The fourth-order valence-corrected chi connectivity index (χ4v) is 4.89. The summed E-state index contributed by atoms with van der Waals surface area (Å²) >= 11 is 12.6. The normalized spacial score (nSPS) is 18.1. The minimum atomic E-state index is -0.545. The molecule has 2 saturated heterocycles. The molecule has 2 fully saturated rings. The van der Waals surface area contributed by atoms with Gasteiger partial charge in [0.15, 0.2) is 5.75 Å².